The molecule has 0 aliphatic carbocycles. The molecule has 0 rings (SSSR count). The van der Waals surface area contributed by atoms with Crippen LogP contribution in [0.25, 0.3) is 0 Å². The van der Waals surface area contributed by atoms with E-state index < -0.39 is 0 Å². The second-order valence-corrected chi connectivity index (χ2v) is 6.45. The van der Waals surface area contributed by atoms with Crippen LogP contribution < -0.4 is 11.0 Å². The maximum absolute atomic E-state index is 5.50. The quantitative estimate of drug-likeness (QED) is 0.468. The highest BCUT2D eigenvalue weighted by molar-refractivity contribution is 4.62. The molecule has 0 bridgehead atoms. The van der Waals surface area contributed by atoms with E-state index in [4.69, 9.17) is 9.68 Å². The van der Waals surface area contributed by atoms with E-state index in [2.05, 4.69) is 52.5 Å². The minimum Gasteiger partial charge on any atom is -0.302 e. The molecular weight excluding hydrogens is 228 g/mol. The Bertz CT molecular complexity index is 191. The van der Waals surface area contributed by atoms with Gasteiger partial charge in [-0.25, -0.2) is 5.48 Å². The number of hydrogen-bond donors (Lipinski definition) is 2. The molecule has 18 heavy (non-hydrogen) atoms. The van der Waals surface area contributed by atoms with E-state index in [9.17, 15) is 0 Å². The van der Waals surface area contributed by atoms with Gasteiger partial charge < -0.3 is 9.68 Å². The van der Waals surface area contributed by atoms with Gasteiger partial charge in [0.05, 0.1) is 13.2 Å². The van der Waals surface area contributed by atoms with E-state index in [1.165, 1.54) is 0 Å². The summed E-state index contributed by atoms with van der Waals surface area (Å²) in [5.41, 5.74) is 6.27. The van der Waals surface area contributed by atoms with Crippen molar-refractivity contribution in [3.63, 3.8) is 0 Å². The van der Waals surface area contributed by atoms with Gasteiger partial charge in [0.25, 0.3) is 0 Å². The van der Waals surface area contributed by atoms with Crippen LogP contribution >= 0.6 is 0 Å². The third-order valence-electron chi connectivity index (χ3n) is 2.48. The standard InChI is InChI=1S/C14H32N2O2/c1-7-13(16-18-11-14(4,5)6)10-15-17-9-8-12(2)3/h12-13,15-16H,7-11H2,1-6H3. The first-order valence-corrected chi connectivity index (χ1v) is 7.07. The SMILES string of the molecule is CCC(CNOCCC(C)C)NOCC(C)(C)C. The maximum Gasteiger partial charge on any atom is 0.0730 e. The fraction of sp³-hybridized carbons (Fsp3) is 1.00. The van der Waals surface area contributed by atoms with E-state index in [1.807, 2.05) is 0 Å². The lowest BCUT2D eigenvalue weighted by molar-refractivity contribution is -0.0376. The van der Waals surface area contributed by atoms with Gasteiger partial charge >= 0.3 is 0 Å². The highest BCUT2D eigenvalue weighted by atomic mass is 16.7. The summed E-state index contributed by atoms with van der Waals surface area (Å²) < 4.78 is 0. The lowest BCUT2D eigenvalue weighted by Crippen LogP contribution is -2.39. The molecule has 0 saturated carbocycles. The predicted molar refractivity (Wildman–Crippen MR) is 76.0 cm³/mol. The van der Waals surface area contributed by atoms with Crippen molar-refractivity contribution in [3.05, 3.63) is 0 Å². The number of hydroxylamine groups is 2. The molecule has 0 spiro atoms. The zero-order valence-corrected chi connectivity index (χ0v) is 13.0. The Morgan fingerprint density at radius 1 is 1.11 bits per heavy atom. The molecule has 1 atom stereocenters. The zero-order chi connectivity index (χ0) is 14.0. The van der Waals surface area contributed by atoms with Crippen LogP contribution in [0.3, 0.4) is 0 Å². The van der Waals surface area contributed by atoms with Gasteiger partial charge in [-0.05, 0) is 24.2 Å². The summed E-state index contributed by atoms with van der Waals surface area (Å²) in [5, 5.41) is 0. The molecule has 110 valence electrons. The largest absolute Gasteiger partial charge is 0.302 e. The topological polar surface area (TPSA) is 42.5 Å². The monoisotopic (exact) mass is 260 g/mol. The minimum absolute atomic E-state index is 0.187. The number of hydrogen-bond acceptors (Lipinski definition) is 4. The van der Waals surface area contributed by atoms with Crippen LogP contribution in [0.4, 0.5) is 0 Å². The Morgan fingerprint density at radius 2 is 1.78 bits per heavy atom. The molecule has 0 radical (unpaired) electrons. The van der Waals surface area contributed by atoms with E-state index in [1.54, 1.807) is 0 Å². The Morgan fingerprint density at radius 3 is 2.28 bits per heavy atom. The fourth-order valence-corrected chi connectivity index (χ4v) is 1.17. The molecule has 0 heterocycles. The summed E-state index contributed by atoms with van der Waals surface area (Å²) in [6.45, 7) is 15.2. The van der Waals surface area contributed by atoms with Gasteiger partial charge in [0.2, 0.25) is 0 Å². The van der Waals surface area contributed by atoms with E-state index in [0.717, 1.165) is 26.0 Å². The van der Waals surface area contributed by atoms with Gasteiger partial charge in [-0.3, -0.25) is 0 Å². The molecule has 0 saturated heterocycles. The Balaban J connectivity index is 3.52. The second-order valence-electron chi connectivity index (χ2n) is 6.45. The first kappa shape index (κ1) is 17.8. The van der Waals surface area contributed by atoms with Crippen molar-refractivity contribution in [1.82, 2.24) is 11.0 Å². The minimum atomic E-state index is 0.187. The summed E-state index contributed by atoms with van der Waals surface area (Å²) in [4.78, 5) is 10.9. The van der Waals surface area contributed by atoms with Crippen LogP contribution in [0.15, 0.2) is 0 Å². The Labute approximate surface area is 113 Å². The third-order valence-corrected chi connectivity index (χ3v) is 2.48. The average molecular weight is 260 g/mol. The summed E-state index contributed by atoms with van der Waals surface area (Å²) in [5.74, 6) is 0.682. The number of rotatable bonds is 10. The molecule has 0 aliphatic rings. The Hall–Kier alpha value is -0.160. The van der Waals surface area contributed by atoms with Crippen molar-refractivity contribution < 1.29 is 9.68 Å². The van der Waals surface area contributed by atoms with Crippen LogP contribution in [0, 0.1) is 11.3 Å². The first-order chi connectivity index (χ1) is 8.35. The summed E-state index contributed by atoms with van der Waals surface area (Å²) >= 11 is 0. The maximum atomic E-state index is 5.50. The molecule has 0 amide bonds. The average Bonchev–Trinajstić information content (AvgIpc) is 2.24. The summed E-state index contributed by atoms with van der Waals surface area (Å²) in [6, 6.07) is 0.284. The summed E-state index contributed by atoms with van der Waals surface area (Å²) in [6.07, 6.45) is 2.09. The van der Waals surface area contributed by atoms with Crippen LogP contribution in [0.5, 0.6) is 0 Å². The predicted octanol–water partition coefficient (Wildman–Crippen LogP) is 2.90. The molecule has 4 nitrogen and oxygen atoms in total. The van der Waals surface area contributed by atoms with Gasteiger partial charge in [0.15, 0.2) is 0 Å². The highest BCUT2D eigenvalue weighted by Gasteiger charge is 2.12. The van der Waals surface area contributed by atoms with Gasteiger partial charge in [-0.15, -0.1) is 0 Å². The molecule has 2 N–H and O–H groups in total. The normalized spacial score (nSPS) is 14.2. The van der Waals surface area contributed by atoms with Crippen molar-refractivity contribution >= 4 is 0 Å². The highest BCUT2D eigenvalue weighted by Crippen LogP contribution is 2.12. The number of nitrogens with one attached hydrogen (secondary N) is 2. The molecule has 4 heteroatoms. The smallest absolute Gasteiger partial charge is 0.0730 e. The van der Waals surface area contributed by atoms with Crippen LogP contribution in [-0.2, 0) is 9.68 Å². The van der Waals surface area contributed by atoms with Gasteiger partial charge in [-0.2, -0.15) is 5.48 Å². The molecular formula is C14H32N2O2. The fourth-order valence-electron chi connectivity index (χ4n) is 1.17. The van der Waals surface area contributed by atoms with Crippen LogP contribution in [-0.4, -0.2) is 25.8 Å². The molecule has 0 aromatic rings. The van der Waals surface area contributed by atoms with E-state index >= 15 is 0 Å². The van der Waals surface area contributed by atoms with E-state index in [-0.39, 0.29) is 11.5 Å². The molecule has 0 aliphatic heterocycles. The molecule has 0 fully saturated rings. The van der Waals surface area contributed by atoms with Crippen LogP contribution in [0.1, 0.15) is 54.4 Å². The Kier molecular flexibility index (Phi) is 9.64. The summed E-state index contributed by atoms with van der Waals surface area (Å²) in [7, 11) is 0. The van der Waals surface area contributed by atoms with Gasteiger partial charge in [0, 0.05) is 12.6 Å². The van der Waals surface area contributed by atoms with Crippen molar-refractivity contribution in [2.75, 3.05) is 19.8 Å². The van der Waals surface area contributed by atoms with Gasteiger partial charge in [0.1, 0.15) is 0 Å². The zero-order valence-electron chi connectivity index (χ0n) is 13.0. The van der Waals surface area contributed by atoms with Gasteiger partial charge in [-0.1, -0.05) is 41.5 Å². The molecule has 0 aromatic heterocycles. The third kappa shape index (κ3) is 12.3. The van der Waals surface area contributed by atoms with E-state index in [0.29, 0.717) is 12.5 Å². The van der Waals surface area contributed by atoms with Crippen molar-refractivity contribution in [2.45, 2.75) is 60.4 Å². The molecule has 0 aromatic carbocycles. The van der Waals surface area contributed by atoms with Crippen LogP contribution in [0.2, 0.25) is 0 Å². The van der Waals surface area contributed by atoms with Crippen molar-refractivity contribution in [1.29, 1.82) is 0 Å². The van der Waals surface area contributed by atoms with Crippen molar-refractivity contribution in [2.24, 2.45) is 11.3 Å². The lowest BCUT2D eigenvalue weighted by Gasteiger charge is -2.22. The second kappa shape index (κ2) is 9.73. The van der Waals surface area contributed by atoms with Crippen molar-refractivity contribution in [3.8, 4) is 0 Å². The molecule has 1 unspecified atom stereocenters. The first-order valence-electron chi connectivity index (χ1n) is 7.07. The lowest BCUT2D eigenvalue weighted by atomic mass is 9.99.